The molecular formula is C14H21N3O2. The van der Waals surface area contributed by atoms with Gasteiger partial charge < -0.3 is 16.0 Å². The van der Waals surface area contributed by atoms with Gasteiger partial charge in [0, 0.05) is 25.7 Å². The first-order chi connectivity index (χ1) is 9.11. The molecule has 0 aliphatic heterocycles. The topological polar surface area (TPSA) is 70.2 Å². The number of benzene rings is 1. The van der Waals surface area contributed by atoms with Gasteiger partial charge in [-0.1, -0.05) is 25.5 Å². The van der Waals surface area contributed by atoms with Crippen LogP contribution in [0.3, 0.4) is 0 Å². The van der Waals surface area contributed by atoms with Crippen molar-refractivity contribution < 1.29 is 9.59 Å². The Morgan fingerprint density at radius 1 is 1.21 bits per heavy atom. The molecule has 5 nitrogen and oxygen atoms in total. The van der Waals surface area contributed by atoms with Gasteiger partial charge in [0.2, 0.25) is 5.91 Å². The molecule has 0 aliphatic carbocycles. The normalized spacial score (nSPS) is 9.79. The fourth-order valence-corrected chi connectivity index (χ4v) is 1.59. The molecule has 19 heavy (non-hydrogen) atoms. The number of hydrogen-bond donors (Lipinski definition) is 3. The van der Waals surface area contributed by atoms with E-state index in [1.807, 2.05) is 24.3 Å². The molecule has 1 aromatic rings. The number of nitrogens with one attached hydrogen (secondary N) is 3. The Labute approximate surface area is 113 Å². The van der Waals surface area contributed by atoms with Crippen molar-refractivity contribution in [2.75, 3.05) is 11.9 Å². The van der Waals surface area contributed by atoms with E-state index in [-0.39, 0.29) is 11.9 Å². The Balaban J connectivity index is 2.40. The first-order valence-electron chi connectivity index (χ1n) is 6.50. The van der Waals surface area contributed by atoms with Crippen LogP contribution >= 0.6 is 0 Å². The van der Waals surface area contributed by atoms with Gasteiger partial charge in [0.25, 0.3) is 0 Å². The zero-order valence-electron chi connectivity index (χ0n) is 11.5. The lowest BCUT2D eigenvalue weighted by Gasteiger charge is -2.08. The predicted octanol–water partition coefficient (Wildman–Crippen LogP) is 2.24. The molecule has 0 radical (unpaired) electrons. The predicted molar refractivity (Wildman–Crippen MR) is 75.9 cm³/mol. The number of anilines is 1. The van der Waals surface area contributed by atoms with Crippen molar-refractivity contribution in [3.8, 4) is 0 Å². The van der Waals surface area contributed by atoms with E-state index in [0.29, 0.717) is 13.1 Å². The minimum Gasteiger partial charge on any atom is -0.338 e. The Hall–Kier alpha value is -2.04. The lowest BCUT2D eigenvalue weighted by atomic mass is 10.2. The van der Waals surface area contributed by atoms with E-state index < -0.39 is 0 Å². The number of carbonyl (C=O) groups excluding carboxylic acids is 2. The van der Waals surface area contributed by atoms with Crippen molar-refractivity contribution in [3.05, 3.63) is 29.8 Å². The van der Waals surface area contributed by atoms with Gasteiger partial charge in [-0.05, 0) is 24.1 Å². The van der Waals surface area contributed by atoms with E-state index in [4.69, 9.17) is 0 Å². The Morgan fingerprint density at radius 3 is 2.68 bits per heavy atom. The zero-order chi connectivity index (χ0) is 14.1. The number of carbonyl (C=O) groups is 2. The van der Waals surface area contributed by atoms with Crippen LogP contribution in [0.2, 0.25) is 0 Å². The quantitative estimate of drug-likeness (QED) is 0.689. The first-order valence-corrected chi connectivity index (χ1v) is 6.50. The zero-order valence-corrected chi connectivity index (χ0v) is 11.5. The third-order valence-corrected chi connectivity index (χ3v) is 2.52. The lowest BCUT2D eigenvalue weighted by Crippen LogP contribution is -2.35. The van der Waals surface area contributed by atoms with Gasteiger partial charge in [0.05, 0.1) is 0 Å². The number of unbranched alkanes of at least 4 members (excludes halogenated alkanes) is 1. The van der Waals surface area contributed by atoms with Crippen LogP contribution in [0, 0.1) is 0 Å². The summed E-state index contributed by atoms with van der Waals surface area (Å²) in [5.74, 6) is -0.109. The fourth-order valence-electron chi connectivity index (χ4n) is 1.59. The van der Waals surface area contributed by atoms with Gasteiger partial charge >= 0.3 is 6.03 Å². The molecule has 0 bridgehead atoms. The monoisotopic (exact) mass is 263 g/mol. The van der Waals surface area contributed by atoms with Crippen LogP contribution in [0.5, 0.6) is 0 Å². The minimum atomic E-state index is -0.168. The van der Waals surface area contributed by atoms with Crippen LogP contribution in [-0.4, -0.2) is 18.5 Å². The van der Waals surface area contributed by atoms with Gasteiger partial charge in [0.1, 0.15) is 0 Å². The van der Waals surface area contributed by atoms with Gasteiger partial charge in [-0.25, -0.2) is 4.79 Å². The summed E-state index contributed by atoms with van der Waals surface area (Å²) in [5.41, 5.74) is 1.68. The largest absolute Gasteiger partial charge is 0.338 e. The number of urea groups is 1. The van der Waals surface area contributed by atoms with E-state index in [1.54, 1.807) is 0 Å². The summed E-state index contributed by atoms with van der Waals surface area (Å²) in [5, 5.41) is 8.26. The smallest absolute Gasteiger partial charge is 0.315 e. The van der Waals surface area contributed by atoms with Gasteiger partial charge in [-0.2, -0.15) is 0 Å². The number of rotatable bonds is 6. The molecule has 0 aromatic heterocycles. The van der Waals surface area contributed by atoms with E-state index in [9.17, 15) is 9.59 Å². The molecule has 0 atom stereocenters. The summed E-state index contributed by atoms with van der Waals surface area (Å²) < 4.78 is 0. The second-order valence-corrected chi connectivity index (χ2v) is 4.34. The summed E-state index contributed by atoms with van der Waals surface area (Å²) in [4.78, 5) is 22.4. The van der Waals surface area contributed by atoms with Crippen molar-refractivity contribution in [2.24, 2.45) is 0 Å². The standard InChI is InChI=1S/C14H21N3O2/c1-3-4-8-15-14(19)16-10-12-6-5-7-13(9-12)17-11(2)18/h5-7,9H,3-4,8,10H2,1-2H3,(H,17,18)(H2,15,16,19). The average Bonchev–Trinajstić information content (AvgIpc) is 2.36. The van der Waals surface area contributed by atoms with Crippen LogP contribution in [0.4, 0.5) is 10.5 Å². The molecule has 3 N–H and O–H groups in total. The second-order valence-electron chi connectivity index (χ2n) is 4.34. The molecule has 1 aromatic carbocycles. The molecule has 1 rings (SSSR count). The summed E-state index contributed by atoms with van der Waals surface area (Å²) in [7, 11) is 0. The lowest BCUT2D eigenvalue weighted by molar-refractivity contribution is -0.114. The molecule has 3 amide bonds. The molecular weight excluding hydrogens is 242 g/mol. The van der Waals surface area contributed by atoms with Crippen molar-refractivity contribution in [2.45, 2.75) is 33.2 Å². The molecule has 104 valence electrons. The maximum Gasteiger partial charge on any atom is 0.315 e. The van der Waals surface area contributed by atoms with Crippen LogP contribution in [-0.2, 0) is 11.3 Å². The molecule has 0 heterocycles. The van der Waals surface area contributed by atoms with Crippen molar-refractivity contribution >= 4 is 17.6 Å². The van der Waals surface area contributed by atoms with Crippen LogP contribution in [0.1, 0.15) is 32.3 Å². The fraction of sp³-hybridized carbons (Fsp3) is 0.429. The highest BCUT2D eigenvalue weighted by molar-refractivity contribution is 5.88. The molecule has 0 saturated carbocycles. The van der Waals surface area contributed by atoms with Crippen molar-refractivity contribution in [1.29, 1.82) is 0 Å². The summed E-state index contributed by atoms with van der Waals surface area (Å²) in [6.45, 7) is 4.67. The van der Waals surface area contributed by atoms with E-state index in [1.165, 1.54) is 6.92 Å². The maximum atomic E-state index is 11.5. The Bertz CT molecular complexity index is 432. The molecule has 0 aliphatic rings. The summed E-state index contributed by atoms with van der Waals surface area (Å²) >= 11 is 0. The highest BCUT2D eigenvalue weighted by Crippen LogP contribution is 2.10. The molecule has 0 fully saturated rings. The number of hydrogen-bond acceptors (Lipinski definition) is 2. The average molecular weight is 263 g/mol. The van der Waals surface area contributed by atoms with Crippen LogP contribution < -0.4 is 16.0 Å². The van der Waals surface area contributed by atoms with Gasteiger partial charge in [0.15, 0.2) is 0 Å². The minimum absolute atomic E-state index is 0.109. The molecule has 5 heteroatoms. The van der Waals surface area contributed by atoms with E-state index >= 15 is 0 Å². The Morgan fingerprint density at radius 2 is 2.00 bits per heavy atom. The highest BCUT2D eigenvalue weighted by atomic mass is 16.2. The van der Waals surface area contributed by atoms with Crippen LogP contribution in [0.15, 0.2) is 24.3 Å². The molecule has 0 unspecified atom stereocenters. The van der Waals surface area contributed by atoms with Crippen molar-refractivity contribution in [1.82, 2.24) is 10.6 Å². The maximum absolute atomic E-state index is 11.5. The number of amides is 3. The third kappa shape index (κ3) is 6.45. The first kappa shape index (κ1) is 15.0. The van der Waals surface area contributed by atoms with Gasteiger partial charge in [-0.3, -0.25) is 4.79 Å². The van der Waals surface area contributed by atoms with E-state index in [2.05, 4.69) is 22.9 Å². The Kier molecular flexibility index (Phi) is 6.43. The van der Waals surface area contributed by atoms with Crippen molar-refractivity contribution in [3.63, 3.8) is 0 Å². The highest BCUT2D eigenvalue weighted by Gasteiger charge is 2.01. The third-order valence-electron chi connectivity index (χ3n) is 2.52. The molecule has 0 spiro atoms. The van der Waals surface area contributed by atoms with E-state index in [0.717, 1.165) is 24.1 Å². The molecule has 0 saturated heterocycles. The second kappa shape index (κ2) is 8.13. The summed E-state index contributed by atoms with van der Waals surface area (Å²) in [6, 6.07) is 7.23. The summed E-state index contributed by atoms with van der Waals surface area (Å²) in [6.07, 6.45) is 2.03. The van der Waals surface area contributed by atoms with Crippen LogP contribution in [0.25, 0.3) is 0 Å². The SMILES string of the molecule is CCCCNC(=O)NCc1cccc(NC(C)=O)c1. The van der Waals surface area contributed by atoms with Gasteiger partial charge in [-0.15, -0.1) is 0 Å².